The molecule has 34 heavy (non-hydrogen) atoms. The van der Waals surface area contributed by atoms with Crippen molar-refractivity contribution in [3.8, 4) is 5.75 Å². The molecule has 3 nitrogen and oxygen atoms in total. The smallest absolute Gasteiger partial charge is 0.119 e. The van der Waals surface area contributed by atoms with Crippen molar-refractivity contribution in [2.24, 2.45) is 0 Å². The van der Waals surface area contributed by atoms with Gasteiger partial charge in [-0.3, -0.25) is 4.90 Å². The summed E-state index contributed by atoms with van der Waals surface area (Å²) in [4.78, 5) is 2.52. The first kappa shape index (κ1) is 21.2. The van der Waals surface area contributed by atoms with E-state index in [1.54, 1.807) is 7.11 Å². The average Bonchev–Trinajstić information content (AvgIpc) is 3.24. The molecule has 2 aliphatic carbocycles. The quantitative estimate of drug-likeness (QED) is 0.439. The van der Waals surface area contributed by atoms with Crippen LogP contribution in [0.5, 0.6) is 5.75 Å². The van der Waals surface area contributed by atoms with Gasteiger partial charge in [-0.1, -0.05) is 55.0 Å². The van der Waals surface area contributed by atoms with Gasteiger partial charge in [0.1, 0.15) is 18.1 Å². The maximum Gasteiger partial charge on any atom is 0.119 e. The lowest BCUT2D eigenvalue weighted by Gasteiger charge is -2.26. The van der Waals surface area contributed by atoms with Crippen molar-refractivity contribution in [2.75, 3.05) is 33.4 Å². The van der Waals surface area contributed by atoms with E-state index < -0.39 is 0 Å². The van der Waals surface area contributed by atoms with E-state index in [2.05, 4.69) is 77.7 Å². The topological polar surface area (TPSA) is 21.7 Å². The molecular weight excluding hydrogens is 418 g/mol. The third kappa shape index (κ3) is 3.84. The van der Waals surface area contributed by atoms with E-state index in [1.807, 2.05) is 0 Å². The highest BCUT2D eigenvalue weighted by Gasteiger charge is 2.20. The summed E-state index contributed by atoms with van der Waals surface area (Å²) in [6, 6.07) is 22.0. The van der Waals surface area contributed by atoms with E-state index in [4.69, 9.17) is 9.47 Å². The van der Waals surface area contributed by atoms with Crippen LogP contribution in [0.2, 0.25) is 0 Å². The van der Waals surface area contributed by atoms with Crippen LogP contribution in [0, 0.1) is 10.4 Å². The summed E-state index contributed by atoms with van der Waals surface area (Å²) < 4.78 is 11.6. The highest BCUT2D eigenvalue weighted by Crippen LogP contribution is 2.30. The lowest BCUT2D eigenvalue weighted by atomic mass is 9.89. The number of rotatable bonds is 6. The zero-order chi connectivity index (χ0) is 22.9. The van der Waals surface area contributed by atoms with Gasteiger partial charge >= 0.3 is 0 Å². The van der Waals surface area contributed by atoms with Gasteiger partial charge in [0.15, 0.2) is 0 Å². The molecule has 0 saturated carbocycles. The fraction of sp³-hybridized carbons (Fsp3) is 0.290. The molecular formula is C31H31NO2. The number of ether oxygens (including phenoxy) is 2. The van der Waals surface area contributed by atoms with Crippen molar-refractivity contribution < 1.29 is 9.47 Å². The van der Waals surface area contributed by atoms with E-state index in [9.17, 15) is 0 Å². The van der Waals surface area contributed by atoms with E-state index in [1.165, 1.54) is 75.5 Å². The largest absolute Gasteiger partial charge is 0.497 e. The normalized spacial score (nSPS) is 16.7. The number of hydrogen-bond acceptors (Lipinski definition) is 3. The van der Waals surface area contributed by atoms with E-state index in [-0.39, 0.29) is 0 Å². The minimum atomic E-state index is 0.749. The molecule has 0 N–H and O–H groups in total. The van der Waals surface area contributed by atoms with Gasteiger partial charge in [0.2, 0.25) is 0 Å². The lowest BCUT2D eigenvalue weighted by molar-refractivity contribution is 0.183. The Morgan fingerprint density at radius 1 is 0.824 bits per heavy atom. The number of piperidine rings is 1. The molecule has 0 unspecified atom stereocenters. The minimum Gasteiger partial charge on any atom is -0.497 e. The first-order valence-corrected chi connectivity index (χ1v) is 12.5. The van der Waals surface area contributed by atoms with Crippen LogP contribution >= 0.6 is 0 Å². The Morgan fingerprint density at radius 3 is 2.41 bits per heavy atom. The molecule has 6 rings (SSSR count). The number of methoxy groups -OCH3 is 1. The Kier molecular flexibility index (Phi) is 5.72. The number of fused-ring (bicyclic) bond motifs is 4. The zero-order valence-corrected chi connectivity index (χ0v) is 19.8. The highest BCUT2D eigenvalue weighted by atomic mass is 16.5. The molecule has 1 fully saturated rings. The summed E-state index contributed by atoms with van der Waals surface area (Å²) in [7, 11) is 1.74. The summed E-state index contributed by atoms with van der Waals surface area (Å²) in [6.45, 7) is 4.18. The molecule has 0 atom stereocenters. The Morgan fingerprint density at radius 2 is 1.62 bits per heavy atom. The number of benzene rings is 3. The van der Waals surface area contributed by atoms with Gasteiger partial charge in [-0.15, -0.1) is 0 Å². The van der Waals surface area contributed by atoms with Crippen LogP contribution in [-0.4, -0.2) is 38.3 Å². The third-order valence-corrected chi connectivity index (χ3v) is 7.39. The molecule has 3 aromatic rings. The van der Waals surface area contributed by atoms with Gasteiger partial charge in [-0.25, -0.2) is 0 Å². The first-order valence-electron chi connectivity index (χ1n) is 12.5. The Labute approximate surface area is 201 Å². The number of likely N-dealkylation sites (tertiary alicyclic amines) is 1. The molecule has 0 spiro atoms. The molecule has 1 saturated heterocycles. The van der Waals surface area contributed by atoms with Crippen molar-refractivity contribution in [1.29, 1.82) is 0 Å². The second-order valence-corrected chi connectivity index (χ2v) is 9.41. The monoisotopic (exact) mass is 449 g/mol. The van der Waals surface area contributed by atoms with Crippen molar-refractivity contribution >= 4 is 11.6 Å². The molecule has 0 amide bonds. The maximum absolute atomic E-state index is 6.10. The molecule has 1 heterocycles. The van der Waals surface area contributed by atoms with E-state index >= 15 is 0 Å². The summed E-state index contributed by atoms with van der Waals surface area (Å²) in [5.74, 6) is 1.89. The van der Waals surface area contributed by atoms with Gasteiger partial charge in [0.25, 0.3) is 0 Å². The lowest BCUT2D eigenvalue weighted by Crippen LogP contribution is -2.33. The van der Waals surface area contributed by atoms with Crippen LogP contribution in [0.15, 0.2) is 72.5 Å². The third-order valence-electron chi connectivity index (χ3n) is 7.39. The molecule has 0 aromatic heterocycles. The summed E-state index contributed by atoms with van der Waals surface area (Å²) in [6.07, 6.45) is 9.23. The van der Waals surface area contributed by atoms with Crippen molar-refractivity contribution in [3.63, 3.8) is 0 Å². The standard InChI is InChI=1S/C31H31NO2/c1-33-25-14-16-26-23(21-25)11-15-29-27-7-3-4-8-28(27)30(31(26)29)22-9-12-24(13-10-22)34-20-19-32-17-5-2-6-18-32/h3-4,7-15,21H,2,5-6,16-20H2,1H3. The molecule has 3 aromatic carbocycles. The number of nitrogens with zero attached hydrogens (tertiary/aromatic N) is 1. The predicted octanol–water partition coefficient (Wildman–Crippen LogP) is 4.27. The van der Waals surface area contributed by atoms with E-state index in [0.717, 1.165) is 31.1 Å². The molecule has 0 bridgehead atoms. The van der Waals surface area contributed by atoms with Gasteiger partial charge in [0, 0.05) is 6.54 Å². The average molecular weight is 450 g/mol. The van der Waals surface area contributed by atoms with Gasteiger partial charge < -0.3 is 9.47 Å². The maximum atomic E-state index is 6.10. The second kappa shape index (κ2) is 9.15. The Hall–Kier alpha value is -3.30. The summed E-state index contributed by atoms with van der Waals surface area (Å²) in [5, 5.41) is 5.21. The summed E-state index contributed by atoms with van der Waals surface area (Å²) in [5.41, 5.74) is 5.31. The first-order chi connectivity index (χ1) is 16.8. The van der Waals surface area contributed by atoms with Gasteiger partial charge in [0.05, 0.1) is 7.11 Å². The SMILES string of the molecule is COC1=CCc2c3c(ccc2=C1)=c1ccccc1=C3c1ccc(OCCN2CCCCC2)cc1. The van der Waals surface area contributed by atoms with Crippen LogP contribution in [0.3, 0.4) is 0 Å². The van der Waals surface area contributed by atoms with Gasteiger partial charge in [-0.05, 0) is 99.8 Å². The van der Waals surface area contributed by atoms with Gasteiger partial charge in [-0.2, -0.15) is 0 Å². The second-order valence-electron chi connectivity index (χ2n) is 9.41. The van der Waals surface area contributed by atoms with Crippen molar-refractivity contribution in [2.45, 2.75) is 25.7 Å². The van der Waals surface area contributed by atoms with Crippen LogP contribution in [0.4, 0.5) is 0 Å². The van der Waals surface area contributed by atoms with E-state index in [0.29, 0.717) is 0 Å². The molecule has 1 aliphatic heterocycles. The fourth-order valence-corrected chi connectivity index (χ4v) is 5.65. The van der Waals surface area contributed by atoms with Crippen LogP contribution in [-0.2, 0) is 11.2 Å². The minimum absolute atomic E-state index is 0.749. The Balaban J connectivity index is 1.34. The van der Waals surface area contributed by atoms with Crippen molar-refractivity contribution in [3.05, 3.63) is 110 Å². The Bertz CT molecular complexity index is 1460. The molecule has 0 radical (unpaired) electrons. The number of allylic oxidation sites excluding steroid dienone is 2. The molecule has 3 heteroatoms. The number of hydrogen-bond donors (Lipinski definition) is 0. The zero-order valence-electron chi connectivity index (χ0n) is 19.8. The summed E-state index contributed by atoms with van der Waals surface area (Å²) >= 11 is 0. The molecule has 3 aliphatic rings. The van der Waals surface area contributed by atoms with Crippen LogP contribution < -0.4 is 15.2 Å². The highest BCUT2D eigenvalue weighted by molar-refractivity contribution is 5.84. The van der Waals surface area contributed by atoms with Crippen LogP contribution in [0.1, 0.15) is 36.0 Å². The molecule has 172 valence electrons. The van der Waals surface area contributed by atoms with Crippen molar-refractivity contribution in [1.82, 2.24) is 4.90 Å². The predicted molar refractivity (Wildman–Crippen MR) is 137 cm³/mol. The van der Waals surface area contributed by atoms with Crippen LogP contribution in [0.25, 0.3) is 11.6 Å². The fourth-order valence-electron chi connectivity index (χ4n) is 5.65.